The van der Waals surface area contributed by atoms with Crippen LogP contribution in [0, 0.1) is 0 Å². The maximum Gasteiger partial charge on any atom is 0.136 e. The van der Waals surface area contributed by atoms with Crippen LogP contribution in [0.5, 0.6) is 5.75 Å². The second-order valence-electron chi connectivity index (χ2n) is 4.34. The first-order valence-electron chi connectivity index (χ1n) is 6.59. The third kappa shape index (κ3) is 4.18. The number of benzene rings is 1. The highest BCUT2D eigenvalue weighted by Crippen LogP contribution is 2.21. The normalized spacial score (nSPS) is 10.5. The molecule has 0 spiro atoms. The zero-order valence-corrected chi connectivity index (χ0v) is 12.6. The molecule has 0 aliphatic carbocycles. The van der Waals surface area contributed by atoms with Crippen molar-refractivity contribution in [2.24, 2.45) is 0 Å². The molecule has 108 valence electrons. The van der Waals surface area contributed by atoms with Gasteiger partial charge in [-0.2, -0.15) is 0 Å². The first kappa shape index (κ1) is 14.7. The van der Waals surface area contributed by atoms with E-state index in [-0.39, 0.29) is 0 Å². The Kier molecular flexibility index (Phi) is 5.76. The Morgan fingerprint density at radius 2 is 2.20 bits per heavy atom. The first-order valence-corrected chi connectivity index (χ1v) is 7.36. The van der Waals surface area contributed by atoms with Crippen LogP contribution in [-0.4, -0.2) is 23.2 Å². The van der Waals surface area contributed by atoms with Gasteiger partial charge >= 0.3 is 0 Å². The molecule has 5 nitrogen and oxygen atoms in total. The van der Waals surface area contributed by atoms with Crippen molar-refractivity contribution in [3.63, 3.8) is 0 Å². The smallest absolute Gasteiger partial charge is 0.136 e. The fraction of sp³-hybridized carbons (Fsp3) is 0.429. The molecule has 1 aromatic carbocycles. The average molecular weight is 293 g/mol. The molecule has 2 rings (SSSR count). The van der Waals surface area contributed by atoms with E-state index < -0.39 is 0 Å². The van der Waals surface area contributed by atoms with Crippen LogP contribution in [0.3, 0.4) is 0 Å². The van der Waals surface area contributed by atoms with Crippen LogP contribution < -0.4 is 10.1 Å². The molecule has 1 aromatic heterocycles. The van der Waals surface area contributed by atoms with Gasteiger partial charge in [0.2, 0.25) is 0 Å². The number of anilines is 1. The standard InChI is InChI=1S/C14H19N3O2S/c1-3-7-15-14-13(16-17-20-14)10-19-12-6-4-5-11(8-12)9-18-2/h4-6,8,15H,3,7,9-10H2,1-2H3. The van der Waals surface area contributed by atoms with Crippen LogP contribution in [0.15, 0.2) is 24.3 Å². The molecule has 6 heteroatoms. The number of methoxy groups -OCH3 is 1. The fourth-order valence-corrected chi connectivity index (χ4v) is 2.31. The number of hydrogen-bond donors (Lipinski definition) is 1. The summed E-state index contributed by atoms with van der Waals surface area (Å²) in [6.07, 6.45) is 1.07. The van der Waals surface area contributed by atoms with Crippen molar-refractivity contribution in [2.75, 3.05) is 19.0 Å². The van der Waals surface area contributed by atoms with Crippen molar-refractivity contribution in [2.45, 2.75) is 26.6 Å². The zero-order chi connectivity index (χ0) is 14.2. The lowest BCUT2D eigenvalue weighted by atomic mass is 10.2. The molecule has 0 saturated carbocycles. The summed E-state index contributed by atoms with van der Waals surface area (Å²) < 4.78 is 14.8. The summed E-state index contributed by atoms with van der Waals surface area (Å²) in [4.78, 5) is 0. The van der Waals surface area contributed by atoms with Crippen molar-refractivity contribution in [3.8, 4) is 5.75 Å². The van der Waals surface area contributed by atoms with Crippen molar-refractivity contribution in [1.82, 2.24) is 9.59 Å². The first-order chi connectivity index (χ1) is 9.83. The minimum absolute atomic E-state index is 0.416. The van der Waals surface area contributed by atoms with E-state index in [1.165, 1.54) is 11.5 Å². The molecule has 0 radical (unpaired) electrons. The molecule has 20 heavy (non-hydrogen) atoms. The summed E-state index contributed by atoms with van der Waals surface area (Å²) in [5.41, 5.74) is 1.94. The quantitative estimate of drug-likeness (QED) is 0.810. The van der Waals surface area contributed by atoms with Crippen LogP contribution in [0.25, 0.3) is 0 Å². The number of hydrogen-bond acceptors (Lipinski definition) is 6. The lowest BCUT2D eigenvalue weighted by Crippen LogP contribution is -2.03. The molecular weight excluding hydrogens is 274 g/mol. The van der Waals surface area contributed by atoms with E-state index in [0.29, 0.717) is 13.2 Å². The summed E-state index contributed by atoms with van der Waals surface area (Å²) in [6.45, 7) is 4.04. The zero-order valence-electron chi connectivity index (χ0n) is 11.8. The molecule has 0 bridgehead atoms. The Balaban J connectivity index is 1.94. The SMILES string of the molecule is CCCNc1snnc1COc1cccc(COC)c1. The van der Waals surface area contributed by atoms with Gasteiger partial charge in [-0.05, 0) is 24.1 Å². The minimum atomic E-state index is 0.416. The number of ether oxygens (including phenoxy) is 2. The highest BCUT2D eigenvalue weighted by atomic mass is 32.1. The maximum absolute atomic E-state index is 5.77. The van der Waals surface area contributed by atoms with Crippen LogP contribution in [0.4, 0.5) is 5.00 Å². The van der Waals surface area contributed by atoms with Crippen molar-refractivity contribution >= 4 is 16.5 Å². The predicted octanol–water partition coefficient (Wildman–Crippen LogP) is 3.09. The summed E-state index contributed by atoms with van der Waals surface area (Å²) in [7, 11) is 1.68. The molecule has 0 unspecified atom stereocenters. The summed E-state index contributed by atoms with van der Waals surface area (Å²) >= 11 is 1.36. The van der Waals surface area contributed by atoms with Crippen LogP contribution in [0.2, 0.25) is 0 Å². The summed E-state index contributed by atoms with van der Waals surface area (Å²) in [5.74, 6) is 0.814. The van der Waals surface area contributed by atoms with Gasteiger partial charge in [-0.15, -0.1) is 5.10 Å². The molecule has 0 aliphatic heterocycles. The number of nitrogens with one attached hydrogen (secondary N) is 1. The van der Waals surface area contributed by atoms with Gasteiger partial charge < -0.3 is 14.8 Å². The number of rotatable bonds is 8. The second-order valence-corrected chi connectivity index (χ2v) is 5.10. The van der Waals surface area contributed by atoms with Crippen LogP contribution >= 0.6 is 11.5 Å². The molecule has 0 atom stereocenters. The highest BCUT2D eigenvalue weighted by Gasteiger charge is 2.08. The largest absolute Gasteiger partial charge is 0.487 e. The van der Waals surface area contributed by atoms with Crippen LogP contribution in [0.1, 0.15) is 24.6 Å². The van der Waals surface area contributed by atoms with Gasteiger partial charge in [-0.25, -0.2) is 0 Å². The predicted molar refractivity (Wildman–Crippen MR) is 80.2 cm³/mol. The lowest BCUT2D eigenvalue weighted by Gasteiger charge is -2.08. The van der Waals surface area contributed by atoms with Gasteiger partial charge in [0.05, 0.1) is 6.61 Å². The minimum Gasteiger partial charge on any atom is -0.487 e. The van der Waals surface area contributed by atoms with E-state index in [1.54, 1.807) is 7.11 Å². The Morgan fingerprint density at radius 1 is 1.30 bits per heavy atom. The van der Waals surface area contributed by atoms with E-state index >= 15 is 0 Å². The molecule has 1 N–H and O–H groups in total. The van der Waals surface area contributed by atoms with E-state index in [4.69, 9.17) is 9.47 Å². The topological polar surface area (TPSA) is 56.3 Å². The molecule has 0 saturated heterocycles. The van der Waals surface area contributed by atoms with E-state index in [2.05, 4.69) is 21.8 Å². The van der Waals surface area contributed by atoms with E-state index in [0.717, 1.165) is 35.0 Å². The molecule has 0 amide bonds. The number of nitrogens with zero attached hydrogens (tertiary/aromatic N) is 2. The Hall–Kier alpha value is -1.66. The van der Waals surface area contributed by atoms with Gasteiger partial charge in [0.1, 0.15) is 23.1 Å². The van der Waals surface area contributed by atoms with Crippen molar-refractivity contribution in [1.29, 1.82) is 0 Å². The van der Waals surface area contributed by atoms with Gasteiger partial charge in [0.15, 0.2) is 0 Å². The monoisotopic (exact) mass is 293 g/mol. The molecule has 0 fully saturated rings. The van der Waals surface area contributed by atoms with Gasteiger partial charge in [-0.1, -0.05) is 23.5 Å². The van der Waals surface area contributed by atoms with Crippen molar-refractivity contribution < 1.29 is 9.47 Å². The lowest BCUT2D eigenvalue weighted by molar-refractivity contribution is 0.184. The van der Waals surface area contributed by atoms with Crippen LogP contribution in [-0.2, 0) is 18.0 Å². The second kappa shape index (κ2) is 7.81. The van der Waals surface area contributed by atoms with Crippen molar-refractivity contribution in [3.05, 3.63) is 35.5 Å². The Labute approximate surface area is 123 Å². The maximum atomic E-state index is 5.77. The fourth-order valence-electron chi connectivity index (χ4n) is 1.72. The molecule has 1 heterocycles. The third-order valence-electron chi connectivity index (χ3n) is 2.68. The highest BCUT2D eigenvalue weighted by molar-refractivity contribution is 7.10. The Morgan fingerprint density at radius 3 is 3.00 bits per heavy atom. The number of aromatic nitrogens is 2. The molecule has 2 aromatic rings. The Bertz CT molecular complexity index is 531. The van der Waals surface area contributed by atoms with Gasteiger partial charge in [-0.3, -0.25) is 0 Å². The van der Waals surface area contributed by atoms with E-state index in [9.17, 15) is 0 Å². The summed E-state index contributed by atoms with van der Waals surface area (Å²) in [5, 5.41) is 8.39. The van der Waals surface area contributed by atoms with E-state index in [1.807, 2.05) is 24.3 Å². The van der Waals surface area contributed by atoms with Gasteiger partial charge in [0.25, 0.3) is 0 Å². The average Bonchev–Trinajstić information content (AvgIpc) is 2.91. The van der Waals surface area contributed by atoms with Gasteiger partial charge in [0, 0.05) is 25.2 Å². The molecule has 0 aliphatic rings. The molecular formula is C14H19N3O2S. The summed E-state index contributed by atoms with van der Waals surface area (Å²) in [6, 6.07) is 7.87. The third-order valence-corrected chi connectivity index (χ3v) is 3.40.